The Morgan fingerprint density at radius 2 is 1.65 bits per heavy atom. The van der Waals surface area contributed by atoms with Crippen LogP contribution in [0.25, 0.3) is 0 Å². The minimum atomic E-state index is -1.87. The normalized spacial score (nSPS) is 28.8. The van der Waals surface area contributed by atoms with Gasteiger partial charge in [-0.15, -0.1) is 6.58 Å². The van der Waals surface area contributed by atoms with Gasteiger partial charge in [0.05, 0.1) is 6.10 Å². The van der Waals surface area contributed by atoms with Crippen LogP contribution in [0.15, 0.2) is 24.8 Å². The average Bonchev–Trinajstić information content (AvgIpc) is 2.72. The number of rotatable bonds is 8. The zero-order valence-corrected chi connectivity index (χ0v) is 17.9. The molecule has 1 nitrogen and oxygen atoms in total. The van der Waals surface area contributed by atoms with Gasteiger partial charge >= 0.3 is 0 Å². The zero-order valence-electron chi connectivity index (χ0n) is 16.9. The van der Waals surface area contributed by atoms with E-state index in [0.717, 1.165) is 6.42 Å². The largest absolute Gasteiger partial charge is 0.412 e. The molecule has 0 bridgehead atoms. The van der Waals surface area contributed by atoms with E-state index in [-0.39, 0.29) is 5.41 Å². The van der Waals surface area contributed by atoms with Crippen LogP contribution < -0.4 is 0 Å². The predicted octanol–water partition coefficient (Wildman–Crippen LogP) is 7.12. The maximum Gasteiger partial charge on any atom is 0.200 e. The highest BCUT2D eigenvalue weighted by atomic mass is 28.4. The highest BCUT2D eigenvalue weighted by Gasteiger charge is 2.53. The highest BCUT2D eigenvalue weighted by molar-refractivity contribution is 6.77. The summed E-state index contributed by atoms with van der Waals surface area (Å²) in [7, 11) is -1.87. The van der Waals surface area contributed by atoms with E-state index >= 15 is 0 Å². The minimum Gasteiger partial charge on any atom is -0.412 e. The molecule has 0 N–H and O–H groups in total. The van der Waals surface area contributed by atoms with Crippen molar-refractivity contribution in [2.24, 2.45) is 11.3 Å². The van der Waals surface area contributed by atoms with Crippen LogP contribution in [0.1, 0.15) is 74.7 Å². The van der Waals surface area contributed by atoms with Crippen molar-refractivity contribution < 1.29 is 4.43 Å². The molecule has 3 atom stereocenters. The van der Waals surface area contributed by atoms with Gasteiger partial charge in [0.1, 0.15) is 0 Å². The van der Waals surface area contributed by atoms with Gasteiger partial charge in [-0.2, -0.15) is 0 Å². The lowest BCUT2D eigenvalue weighted by Crippen LogP contribution is -2.53. The third-order valence-corrected chi connectivity index (χ3v) is 12.4. The first kappa shape index (κ1) is 20.7. The Hall–Kier alpha value is -0.343. The smallest absolute Gasteiger partial charge is 0.200 e. The molecular weight excluding hydrogens is 296 g/mol. The molecule has 0 spiro atoms. The molecule has 1 rings (SSSR count). The average molecular weight is 337 g/mol. The Morgan fingerprint density at radius 3 is 2.00 bits per heavy atom. The van der Waals surface area contributed by atoms with Crippen molar-refractivity contribution in [3.8, 4) is 0 Å². The summed E-state index contributed by atoms with van der Waals surface area (Å²) in [5.74, 6) is 0.503. The molecule has 0 aromatic rings. The van der Waals surface area contributed by atoms with E-state index in [1.807, 2.05) is 0 Å². The second-order valence-corrected chi connectivity index (χ2v) is 14.4. The van der Waals surface area contributed by atoms with Crippen molar-refractivity contribution in [3.05, 3.63) is 24.8 Å². The molecule has 1 fully saturated rings. The minimum absolute atomic E-state index is 0.211. The van der Waals surface area contributed by atoms with Crippen LogP contribution in [0.2, 0.25) is 16.6 Å². The van der Waals surface area contributed by atoms with Gasteiger partial charge < -0.3 is 4.43 Å². The van der Waals surface area contributed by atoms with E-state index < -0.39 is 8.32 Å². The van der Waals surface area contributed by atoms with Crippen LogP contribution in [0.4, 0.5) is 0 Å². The SMILES string of the molecule is C=CC[C@@]1(C)CC[C@H](C(=C)C)[C@H]1O[Si](C(C)C)(C(C)C)C(C)C. The fraction of sp³-hybridized carbons (Fsp3) is 0.810. The second-order valence-electron chi connectivity index (χ2n) is 8.99. The Morgan fingerprint density at radius 1 is 1.17 bits per heavy atom. The molecule has 0 radical (unpaired) electrons. The summed E-state index contributed by atoms with van der Waals surface area (Å²) in [5, 5.41) is 0. The summed E-state index contributed by atoms with van der Waals surface area (Å²) >= 11 is 0. The zero-order chi connectivity index (χ0) is 18.0. The van der Waals surface area contributed by atoms with Crippen molar-refractivity contribution >= 4 is 8.32 Å². The first-order valence-electron chi connectivity index (χ1n) is 9.47. The van der Waals surface area contributed by atoms with Gasteiger partial charge in [0.25, 0.3) is 0 Å². The van der Waals surface area contributed by atoms with Crippen LogP contribution in [-0.2, 0) is 4.43 Å². The van der Waals surface area contributed by atoms with Gasteiger partial charge in [-0.3, -0.25) is 0 Å². The topological polar surface area (TPSA) is 9.23 Å². The summed E-state index contributed by atoms with van der Waals surface area (Å²) in [6.07, 6.45) is 5.86. The monoisotopic (exact) mass is 336 g/mol. The fourth-order valence-electron chi connectivity index (χ4n) is 5.17. The van der Waals surface area contributed by atoms with Crippen molar-refractivity contribution in [1.82, 2.24) is 0 Å². The number of hydrogen-bond acceptors (Lipinski definition) is 1. The van der Waals surface area contributed by atoms with Crippen LogP contribution in [0, 0.1) is 11.3 Å². The molecule has 0 saturated heterocycles. The Bertz CT molecular complexity index is 402. The van der Waals surface area contributed by atoms with Crippen LogP contribution in [0.5, 0.6) is 0 Å². The fourth-order valence-corrected chi connectivity index (χ4v) is 10.9. The van der Waals surface area contributed by atoms with E-state index in [1.54, 1.807) is 0 Å². The molecule has 0 unspecified atom stereocenters. The maximum absolute atomic E-state index is 7.26. The maximum atomic E-state index is 7.26. The molecule has 134 valence electrons. The molecule has 2 heteroatoms. The van der Waals surface area contributed by atoms with Gasteiger partial charge in [0.2, 0.25) is 8.32 Å². The van der Waals surface area contributed by atoms with Crippen molar-refractivity contribution in [3.63, 3.8) is 0 Å². The van der Waals surface area contributed by atoms with Gasteiger partial charge in [0, 0.05) is 5.92 Å². The van der Waals surface area contributed by atoms with E-state index in [4.69, 9.17) is 4.43 Å². The highest BCUT2D eigenvalue weighted by Crippen LogP contribution is 2.53. The van der Waals surface area contributed by atoms with Crippen LogP contribution in [-0.4, -0.2) is 14.4 Å². The third kappa shape index (κ3) is 3.84. The lowest BCUT2D eigenvalue weighted by Gasteiger charge is -2.48. The molecule has 0 aliphatic heterocycles. The third-order valence-electron chi connectivity index (χ3n) is 6.36. The quantitative estimate of drug-likeness (QED) is 0.339. The molecule has 0 amide bonds. The standard InChI is InChI=1S/C21H40OSi/c1-11-13-21(10)14-12-19(15(2)3)20(21)22-23(16(4)5,17(6)7)18(8)9/h11,16-20H,1-2,12-14H2,3-10H3/t19-,20-,21+/m1/s1. The number of allylic oxidation sites excluding steroid dienone is 1. The Labute approximate surface area is 146 Å². The molecule has 0 heterocycles. The van der Waals surface area contributed by atoms with Crippen molar-refractivity contribution in [1.29, 1.82) is 0 Å². The lowest BCUT2D eigenvalue weighted by molar-refractivity contribution is 0.0524. The van der Waals surface area contributed by atoms with Crippen molar-refractivity contribution in [2.45, 2.75) is 97.4 Å². The summed E-state index contributed by atoms with van der Waals surface area (Å²) < 4.78 is 7.26. The Balaban J connectivity index is 3.29. The van der Waals surface area contributed by atoms with E-state index in [0.29, 0.717) is 28.6 Å². The first-order chi connectivity index (χ1) is 10.5. The molecule has 1 aliphatic carbocycles. The van der Waals surface area contributed by atoms with E-state index in [2.05, 4.69) is 74.6 Å². The molecule has 23 heavy (non-hydrogen) atoms. The van der Waals surface area contributed by atoms with Gasteiger partial charge in [0.15, 0.2) is 0 Å². The lowest BCUT2D eigenvalue weighted by atomic mass is 9.80. The summed E-state index contributed by atoms with van der Waals surface area (Å²) in [4.78, 5) is 0. The van der Waals surface area contributed by atoms with Gasteiger partial charge in [-0.05, 0) is 48.2 Å². The Kier molecular flexibility index (Phi) is 6.92. The number of hydrogen-bond donors (Lipinski definition) is 0. The molecule has 1 saturated carbocycles. The summed E-state index contributed by atoms with van der Waals surface area (Å²) in [6, 6.07) is 0. The summed E-state index contributed by atoms with van der Waals surface area (Å²) in [6.45, 7) is 27.1. The first-order valence-corrected chi connectivity index (χ1v) is 11.6. The van der Waals surface area contributed by atoms with Gasteiger partial charge in [-0.1, -0.05) is 66.7 Å². The molecule has 0 aromatic heterocycles. The molecular formula is C21H40OSi. The van der Waals surface area contributed by atoms with Crippen LogP contribution >= 0.6 is 0 Å². The van der Waals surface area contributed by atoms with Gasteiger partial charge in [-0.25, -0.2) is 0 Å². The molecule has 1 aliphatic rings. The molecule has 0 aromatic carbocycles. The van der Waals surface area contributed by atoms with Crippen molar-refractivity contribution in [2.75, 3.05) is 0 Å². The second kappa shape index (κ2) is 7.69. The van der Waals surface area contributed by atoms with E-state index in [1.165, 1.54) is 18.4 Å². The summed E-state index contributed by atoms with van der Waals surface area (Å²) in [5.41, 5.74) is 3.38. The van der Waals surface area contributed by atoms with E-state index in [9.17, 15) is 0 Å². The predicted molar refractivity (Wildman–Crippen MR) is 106 cm³/mol. The van der Waals surface area contributed by atoms with Crippen LogP contribution in [0.3, 0.4) is 0 Å².